The Hall–Kier alpha value is -1.29. The molecule has 1 saturated heterocycles. The topological polar surface area (TPSA) is 59.5 Å². The number of fused-ring (bicyclic) bond motifs is 2. The van der Waals surface area contributed by atoms with Crippen LogP contribution in [0.5, 0.6) is 0 Å². The van der Waals surface area contributed by atoms with E-state index in [0.717, 1.165) is 30.7 Å². The highest BCUT2D eigenvalue weighted by Crippen LogP contribution is 2.50. The normalized spacial score (nSPS) is 33.8. The molecule has 2 bridgehead atoms. The van der Waals surface area contributed by atoms with E-state index in [0.29, 0.717) is 23.9 Å². The van der Waals surface area contributed by atoms with E-state index in [9.17, 15) is 4.79 Å². The number of rotatable bonds is 4. The van der Waals surface area contributed by atoms with Crippen molar-refractivity contribution >= 4 is 5.91 Å². The number of carbonyl (C=O) groups is 1. The van der Waals surface area contributed by atoms with Crippen LogP contribution in [0.4, 0.5) is 0 Å². The molecule has 4 atom stereocenters. The predicted molar refractivity (Wildman–Crippen MR) is 84.2 cm³/mol. The van der Waals surface area contributed by atoms with E-state index in [2.05, 4.69) is 4.90 Å². The fraction of sp³-hybridized carbons (Fsp3) is 0.722. The van der Waals surface area contributed by atoms with Gasteiger partial charge in [-0.3, -0.25) is 4.79 Å². The Morgan fingerprint density at radius 2 is 2.23 bits per heavy atom. The van der Waals surface area contributed by atoms with Gasteiger partial charge in [0.1, 0.15) is 12.0 Å². The van der Waals surface area contributed by atoms with E-state index >= 15 is 0 Å². The second kappa shape index (κ2) is 5.73. The molecule has 4 heteroatoms. The number of amides is 1. The third kappa shape index (κ3) is 2.47. The monoisotopic (exact) mass is 302 g/mol. The largest absolute Gasteiger partial charge is 0.467 e. The van der Waals surface area contributed by atoms with Gasteiger partial charge in [0.15, 0.2) is 0 Å². The number of hydrogen-bond acceptors (Lipinski definition) is 3. The molecular formula is C18H26N2O2. The molecule has 120 valence electrons. The Bertz CT molecular complexity index is 553. The summed E-state index contributed by atoms with van der Waals surface area (Å²) in [7, 11) is 0. The number of furan rings is 1. The van der Waals surface area contributed by atoms with Crippen LogP contribution in [0.15, 0.2) is 16.7 Å². The molecule has 4 nitrogen and oxygen atoms in total. The quantitative estimate of drug-likeness (QED) is 0.929. The van der Waals surface area contributed by atoms with Gasteiger partial charge in [0.25, 0.3) is 5.91 Å². The molecule has 0 spiro atoms. The van der Waals surface area contributed by atoms with Crippen molar-refractivity contribution in [1.82, 2.24) is 4.90 Å². The average molecular weight is 302 g/mol. The highest BCUT2D eigenvalue weighted by molar-refractivity contribution is 5.94. The maximum absolute atomic E-state index is 12.7. The number of carbonyl (C=O) groups excluding carboxylic acids is 1. The lowest BCUT2D eigenvalue weighted by molar-refractivity contribution is 0.0707. The van der Waals surface area contributed by atoms with E-state index in [4.69, 9.17) is 10.2 Å². The molecule has 3 fully saturated rings. The van der Waals surface area contributed by atoms with Crippen molar-refractivity contribution in [3.63, 3.8) is 0 Å². The van der Waals surface area contributed by atoms with Crippen LogP contribution >= 0.6 is 0 Å². The van der Waals surface area contributed by atoms with Gasteiger partial charge in [-0.1, -0.05) is 6.42 Å². The van der Waals surface area contributed by atoms with Crippen LogP contribution in [0.3, 0.4) is 0 Å². The van der Waals surface area contributed by atoms with E-state index < -0.39 is 0 Å². The van der Waals surface area contributed by atoms with Gasteiger partial charge in [0, 0.05) is 12.6 Å². The standard InChI is InChI=1S/C18H26N2O2/c19-10-17-9-15(11-22-17)18(21)20-5-1-2-16(20)8-14-7-12-3-4-13(14)6-12/h9,11-14,16H,1-8,10,19H2. The zero-order valence-electron chi connectivity index (χ0n) is 13.2. The van der Waals surface area contributed by atoms with Crippen LogP contribution in [0.1, 0.15) is 61.1 Å². The van der Waals surface area contributed by atoms with Crippen molar-refractivity contribution in [2.45, 2.75) is 57.5 Å². The van der Waals surface area contributed by atoms with E-state index in [1.807, 2.05) is 0 Å². The van der Waals surface area contributed by atoms with Crippen molar-refractivity contribution in [2.24, 2.45) is 23.5 Å². The van der Waals surface area contributed by atoms with Crippen molar-refractivity contribution in [1.29, 1.82) is 0 Å². The maximum atomic E-state index is 12.7. The lowest BCUT2D eigenvalue weighted by Crippen LogP contribution is -2.37. The Labute approximate surface area is 132 Å². The first-order valence-electron chi connectivity index (χ1n) is 8.83. The summed E-state index contributed by atoms with van der Waals surface area (Å²) in [6.45, 7) is 1.25. The summed E-state index contributed by atoms with van der Waals surface area (Å²) < 4.78 is 5.33. The third-order valence-electron chi connectivity index (χ3n) is 6.20. The molecule has 4 unspecified atom stereocenters. The zero-order chi connectivity index (χ0) is 15.1. The summed E-state index contributed by atoms with van der Waals surface area (Å²) in [5.74, 6) is 3.62. The van der Waals surface area contributed by atoms with Crippen LogP contribution in [0.2, 0.25) is 0 Å². The van der Waals surface area contributed by atoms with Gasteiger partial charge in [-0.05, 0) is 62.3 Å². The van der Waals surface area contributed by atoms with Gasteiger partial charge in [-0.25, -0.2) is 0 Å². The van der Waals surface area contributed by atoms with Gasteiger partial charge in [-0.15, -0.1) is 0 Å². The second-order valence-corrected chi connectivity index (χ2v) is 7.47. The minimum atomic E-state index is 0.133. The molecule has 3 aliphatic rings. The molecule has 1 aliphatic heterocycles. The minimum absolute atomic E-state index is 0.133. The first-order valence-corrected chi connectivity index (χ1v) is 8.83. The molecule has 2 saturated carbocycles. The number of nitrogens with zero attached hydrogens (tertiary/aromatic N) is 1. The lowest BCUT2D eigenvalue weighted by atomic mass is 9.83. The molecule has 2 aliphatic carbocycles. The van der Waals surface area contributed by atoms with Crippen molar-refractivity contribution in [2.75, 3.05) is 6.54 Å². The molecule has 2 heterocycles. The minimum Gasteiger partial charge on any atom is -0.467 e. The third-order valence-corrected chi connectivity index (χ3v) is 6.20. The summed E-state index contributed by atoms with van der Waals surface area (Å²) in [5, 5.41) is 0. The second-order valence-electron chi connectivity index (χ2n) is 7.47. The number of likely N-dealkylation sites (tertiary alicyclic amines) is 1. The van der Waals surface area contributed by atoms with E-state index in [1.165, 1.54) is 38.5 Å². The molecule has 1 aromatic rings. The van der Waals surface area contributed by atoms with Gasteiger partial charge in [-0.2, -0.15) is 0 Å². The first kappa shape index (κ1) is 14.3. The predicted octanol–water partition coefficient (Wildman–Crippen LogP) is 3.17. The van der Waals surface area contributed by atoms with Crippen LogP contribution < -0.4 is 5.73 Å². The Morgan fingerprint density at radius 3 is 2.91 bits per heavy atom. The Balaban J connectivity index is 1.43. The summed E-state index contributed by atoms with van der Waals surface area (Å²) in [6, 6.07) is 2.24. The fourth-order valence-corrected chi connectivity index (χ4v) is 5.13. The molecule has 1 amide bonds. The van der Waals surface area contributed by atoms with Gasteiger partial charge >= 0.3 is 0 Å². The molecule has 1 aromatic heterocycles. The summed E-state index contributed by atoms with van der Waals surface area (Å²) in [6.07, 6.45) is 10.8. The smallest absolute Gasteiger partial charge is 0.257 e. The van der Waals surface area contributed by atoms with Gasteiger partial charge in [0.2, 0.25) is 0 Å². The molecule has 0 radical (unpaired) electrons. The summed E-state index contributed by atoms with van der Waals surface area (Å²) >= 11 is 0. The lowest BCUT2D eigenvalue weighted by Gasteiger charge is -2.30. The highest BCUT2D eigenvalue weighted by Gasteiger charge is 2.42. The summed E-state index contributed by atoms with van der Waals surface area (Å²) in [5.41, 5.74) is 6.24. The first-order chi connectivity index (χ1) is 10.7. The average Bonchev–Trinajstić information content (AvgIpc) is 3.30. The van der Waals surface area contributed by atoms with Crippen LogP contribution in [-0.4, -0.2) is 23.4 Å². The Kier molecular flexibility index (Phi) is 3.73. The Morgan fingerprint density at radius 1 is 1.32 bits per heavy atom. The van der Waals surface area contributed by atoms with Crippen molar-refractivity contribution in [3.8, 4) is 0 Å². The van der Waals surface area contributed by atoms with Crippen molar-refractivity contribution in [3.05, 3.63) is 23.7 Å². The molecule has 4 rings (SSSR count). The van der Waals surface area contributed by atoms with Crippen LogP contribution in [-0.2, 0) is 6.54 Å². The van der Waals surface area contributed by atoms with Crippen molar-refractivity contribution < 1.29 is 9.21 Å². The number of nitrogens with two attached hydrogens (primary N) is 1. The van der Waals surface area contributed by atoms with Crippen LogP contribution in [0.25, 0.3) is 0 Å². The number of hydrogen-bond donors (Lipinski definition) is 1. The zero-order valence-corrected chi connectivity index (χ0v) is 13.2. The van der Waals surface area contributed by atoms with Gasteiger partial charge < -0.3 is 15.1 Å². The maximum Gasteiger partial charge on any atom is 0.257 e. The molecule has 22 heavy (non-hydrogen) atoms. The molecular weight excluding hydrogens is 276 g/mol. The van der Waals surface area contributed by atoms with Gasteiger partial charge in [0.05, 0.1) is 12.1 Å². The fourth-order valence-electron chi connectivity index (χ4n) is 5.13. The van der Waals surface area contributed by atoms with E-state index in [-0.39, 0.29) is 5.91 Å². The highest BCUT2D eigenvalue weighted by atomic mass is 16.3. The molecule has 2 N–H and O–H groups in total. The SMILES string of the molecule is NCc1cc(C(=O)N2CCCC2CC2CC3CCC2C3)co1. The van der Waals surface area contributed by atoms with E-state index in [1.54, 1.807) is 12.3 Å². The summed E-state index contributed by atoms with van der Waals surface area (Å²) in [4.78, 5) is 14.8. The molecule has 0 aromatic carbocycles. The van der Waals surface area contributed by atoms with Crippen LogP contribution in [0, 0.1) is 17.8 Å².